The van der Waals surface area contributed by atoms with Crippen molar-refractivity contribution in [2.24, 2.45) is 0 Å². The number of pyridine rings is 1. The normalized spacial score (nSPS) is 11.1. The number of hydrogen-bond acceptors (Lipinski definition) is 5. The summed E-state index contributed by atoms with van der Waals surface area (Å²) in [7, 11) is 1.50. The van der Waals surface area contributed by atoms with Crippen molar-refractivity contribution in [2.75, 3.05) is 7.11 Å². The van der Waals surface area contributed by atoms with E-state index in [0.717, 1.165) is 11.1 Å². The largest absolute Gasteiger partial charge is 0.480 e. The Morgan fingerprint density at radius 2 is 2.07 bits per heavy atom. The van der Waals surface area contributed by atoms with Crippen molar-refractivity contribution in [3.8, 4) is 28.6 Å². The average molecular weight is 413 g/mol. The summed E-state index contributed by atoms with van der Waals surface area (Å²) >= 11 is 0. The van der Waals surface area contributed by atoms with Crippen LogP contribution in [0.5, 0.6) is 11.6 Å². The summed E-state index contributed by atoms with van der Waals surface area (Å²) in [5.74, 6) is 0.777. The van der Waals surface area contributed by atoms with Crippen LogP contribution in [0.15, 0.2) is 66.0 Å². The van der Waals surface area contributed by atoms with Gasteiger partial charge < -0.3 is 9.47 Å². The third-order valence-corrected chi connectivity index (χ3v) is 4.42. The Kier molecular flexibility index (Phi) is 5.29. The molecule has 0 spiro atoms. The molecule has 0 radical (unpaired) electrons. The maximum Gasteiger partial charge on any atom is 0.387 e. The number of rotatable bonds is 7. The highest BCUT2D eigenvalue weighted by Crippen LogP contribution is 2.28. The first-order valence-electron chi connectivity index (χ1n) is 8.91. The van der Waals surface area contributed by atoms with E-state index >= 15 is 0 Å². The molecule has 0 bridgehead atoms. The first-order chi connectivity index (χ1) is 14.5. The fourth-order valence-corrected chi connectivity index (χ4v) is 3.06. The second-order valence-corrected chi connectivity index (χ2v) is 6.32. The molecule has 0 unspecified atom stereocenters. The summed E-state index contributed by atoms with van der Waals surface area (Å²) in [5, 5.41) is 6.65. The van der Waals surface area contributed by atoms with Crippen molar-refractivity contribution in [1.29, 1.82) is 0 Å². The number of nitrogens with one attached hydrogen (secondary N) is 1. The smallest absolute Gasteiger partial charge is 0.387 e. The van der Waals surface area contributed by atoms with Gasteiger partial charge in [0.15, 0.2) is 0 Å². The fraction of sp³-hybridized carbons (Fsp3) is 0.150. The summed E-state index contributed by atoms with van der Waals surface area (Å²) < 4.78 is 37.4. The second kappa shape index (κ2) is 8.19. The van der Waals surface area contributed by atoms with E-state index in [1.165, 1.54) is 28.4 Å². The highest BCUT2D eigenvalue weighted by atomic mass is 19.3. The van der Waals surface area contributed by atoms with Gasteiger partial charge in [0.1, 0.15) is 11.6 Å². The van der Waals surface area contributed by atoms with Gasteiger partial charge in [-0.05, 0) is 29.8 Å². The minimum absolute atomic E-state index is 0.0382. The third-order valence-electron chi connectivity index (χ3n) is 4.42. The summed E-state index contributed by atoms with van der Waals surface area (Å²) in [4.78, 5) is 17.3. The molecule has 0 aliphatic rings. The Labute approximate surface area is 169 Å². The van der Waals surface area contributed by atoms with Crippen molar-refractivity contribution in [3.63, 3.8) is 0 Å². The van der Waals surface area contributed by atoms with Gasteiger partial charge in [-0.25, -0.2) is 4.79 Å². The molecule has 0 aliphatic carbocycles. The van der Waals surface area contributed by atoms with Crippen LogP contribution in [0.2, 0.25) is 0 Å². The lowest BCUT2D eigenvalue weighted by Gasteiger charge is -2.09. The van der Waals surface area contributed by atoms with Gasteiger partial charge >= 0.3 is 12.3 Å². The number of aromatic nitrogens is 5. The first-order valence-corrected chi connectivity index (χ1v) is 8.91. The predicted octanol–water partition coefficient (Wildman–Crippen LogP) is 3.08. The number of methoxy groups -OCH3 is 1. The summed E-state index contributed by atoms with van der Waals surface area (Å²) in [6.07, 6.45) is 6.55. The highest BCUT2D eigenvalue weighted by molar-refractivity contribution is 5.67. The number of ether oxygens (including phenoxy) is 2. The van der Waals surface area contributed by atoms with Crippen LogP contribution in [-0.4, -0.2) is 38.0 Å². The zero-order valence-corrected chi connectivity index (χ0v) is 15.8. The van der Waals surface area contributed by atoms with Gasteiger partial charge in [0, 0.05) is 29.7 Å². The number of H-pyrrole nitrogens is 1. The molecule has 0 saturated heterocycles. The standard InChI is InChI=1S/C20H17F2N5O3/c1-29-18-16(14-10-23-24-11-14)5-6-17(25-18)27-8-7-26(20(27)28)12-13-3-2-4-15(9-13)30-19(21)22/h2-11,19H,12H2,1H3,(H,23,24). The van der Waals surface area contributed by atoms with Gasteiger partial charge in [-0.1, -0.05) is 12.1 Å². The topological polar surface area (TPSA) is 87.0 Å². The molecule has 3 heterocycles. The molecule has 30 heavy (non-hydrogen) atoms. The zero-order valence-electron chi connectivity index (χ0n) is 15.8. The molecule has 4 aromatic rings. The number of halogens is 2. The van der Waals surface area contributed by atoms with Crippen molar-refractivity contribution in [1.82, 2.24) is 24.3 Å². The SMILES string of the molecule is COc1nc(-n2ccn(Cc3cccc(OC(F)F)c3)c2=O)ccc1-c1cn[nH]c1. The summed E-state index contributed by atoms with van der Waals surface area (Å²) in [6, 6.07) is 9.71. The number of benzene rings is 1. The lowest BCUT2D eigenvalue weighted by Crippen LogP contribution is -2.24. The summed E-state index contributed by atoms with van der Waals surface area (Å²) in [6.45, 7) is -2.72. The van der Waals surface area contributed by atoms with Gasteiger partial charge in [-0.2, -0.15) is 18.9 Å². The van der Waals surface area contributed by atoms with E-state index in [0.29, 0.717) is 17.3 Å². The van der Waals surface area contributed by atoms with Crippen molar-refractivity contribution in [2.45, 2.75) is 13.2 Å². The fourth-order valence-electron chi connectivity index (χ4n) is 3.06. The Bertz CT molecular complexity index is 1200. The zero-order chi connectivity index (χ0) is 21.1. The molecular formula is C20H17F2N5O3. The van der Waals surface area contributed by atoms with Crippen molar-refractivity contribution >= 4 is 0 Å². The van der Waals surface area contributed by atoms with E-state index in [1.54, 1.807) is 49.1 Å². The van der Waals surface area contributed by atoms with E-state index < -0.39 is 6.61 Å². The molecule has 10 heteroatoms. The van der Waals surface area contributed by atoms with Gasteiger partial charge in [0.05, 0.1) is 19.9 Å². The van der Waals surface area contributed by atoms with E-state index in [1.807, 2.05) is 0 Å². The highest BCUT2D eigenvalue weighted by Gasteiger charge is 2.13. The molecule has 0 fully saturated rings. The quantitative estimate of drug-likeness (QED) is 0.503. The minimum atomic E-state index is -2.91. The van der Waals surface area contributed by atoms with E-state index in [4.69, 9.17) is 4.74 Å². The number of imidazole rings is 1. The second-order valence-electron chi connectivity index (χ2n) is 6.32. The monoisotopic (exact) mass is 413 g/mol. The van der Waals surface area contributed by atoms with Gasteiger partial charge in [0.2, 0.25) is 5.88 Å². The minimum Gasteiger partial charge on any atom is -0.480 e. The van der Waals surface area contributed by atoms with Gasteiger partial charge in [-0.3, -0.25) is 14.2 Å². The van der Waals surface area contributed by atoms with E-state index in [-0.39, 0.29) is 18.0 Å². The molecule has 8 nitrogen and oxygen atoms in total. The average Bonchev–Trinajstić information content (AvgIpc) is 3.38. The van der Waals surface area contributed by atoms with Crippen LogP contribution >= 0.6 is 0 Å². The Hall–Kier alpha value is -3.95. The maximum atomic E-state index is 12.8. The molecule has 154 valence electrons. The van der Waals surface area contributed by atoms with Gasteiger partial charge in [0.25, 0.3) is 0 Å². The molecule has 4 rings (SSSR count). The first kappa shape index (κ1) is 19.4. The number of nitrogens with zero attached hydrogens (tertiary/aromatic N) is 4. The lowest BCUT2D eigenvalue weighted by atomic mass is 10.1. The van der Waals surface area contributed by atoms with Crippen LogP contribution in [-0.2, 0) is 6.54 Å². The number of alkyl halides is 2. The van der Waals surface area contributed by atoms with Crippen LogP contribution < -0.4 is 15.2 Å². The van der Waals surface area contributed by atoms with Crippen LogP contribution in [0.25, 0.3) is 16.9 Å². The van der Waals surface area contributed by atoms with Crippen LogP contribution in [0.3, 0.4) is 0 Å². The molecule has 0 saturated carbocycles. The van der Waals surface area contributed by atoms with Crippen LogP contribution in [0.1, 0.15) is 5.56 Å². The molecule has 3 aromatic heterocycles. The molecule has 0 amide bonds. The summed E-state index contributed by atoms with van der Waals surface area (Å²) in [5.41, 5.74) is 1.86. The lowest BCUT2D eigenvalue weighted by molar-refractivity contribution is -0.0498. The van der Waals surface area contributed by atoms with Crippen LogP contribution in [0, 0.1) is 0 Å². The molecular weight excluding hydrogens is 396 g/mol. The maximum absolute atomic E-state index is 12.8. The third kappa shape index (κ3) is 3.93. The van der Waals surface area contributed by atoms with Crippen LogP contribution in [0.4, 0.5) is 8.78 Å². The Morgan fingerprint density at radius 1 is 1.20 bits per heavy atom. The molecule has 1 aromatic carbocycles. The van der Waals surface area contributed by atoms with Crippen molar-refractivity contribution < 1.29 is 18.3 Å². The Morgan fingerprint density at radius 3 is 2.80 bits per heavy atom. The number of hydrogen-bond donors (Lipinski definition) is 1. The van der Waals surface area contributed by atoms with Gasteiger partial charge in [-0.15, -0.1) is 0 Å². The number of aromatic amines is 1. The van der Waals surface area contributed by atoms with E-state index in [2.05, 4.69) is 19.9 Å². The molecule has 0 atom stereocenters. The molecule has 1 N–H and O–H groups in total. The van der Waals surface area contributed by atoms with Crippen molar-refractivity contribution in [3.05, 3.63) is 77.2 Å². The molecule has 0 aliphatic heterocycles. The Balaban J connectivity index is 1.62. The van der Waals surface area contributed by atoms with E-state index in [9.17, 15) is 13.6 Å². The predicted molar refractivity (Wildman–Crippen MR) is 104 cm³/mol.